The fourth-order valence-corrected chi connectivity index (χ4v) is 2.67. The van der Waals surface area contributed by atoms with Crippen molar-refractivity contribution < 1.29 is 8.60 Å². The van der Waals surface area contributed by atoms with E-state index in [1.54, 1.807) is 12.3 Å². The van der Waals surface area contributed by atoms with Gasteiger partial charge >= 0.3 is 0 Å². The van der Waals surface area contributed by atoms with Crippen LogP contribution >= 0.6 is 0 Å². The maximum absolute atomic E-state index is 13.5. The quantitative estimate of drug-likeness (QED) is 0.861. The zero-order valence-electron chi connectivity index (χ0n) is 9.67. The van der Waals surface area contributed by atoms with Crippen LogP contribution in [-0.4, -0.2) is 14.9 Å². The molecule has 0 saturated heterocycles. The molecule has 94 valence electrons. The van der Waals surface area contributed by atoms with Crippen molar-refractivity contribution in [3.8, 4) is 0 Å². The molecule has 18 heavy (non-hydrogen) atoms. The number of nitrogens with two attached hydrogens (primary N) is 1. The van der Waals surface area contributed by atoms with Crippen molar-refractivity contribution in [2.75, 3.05) is 11.5 Å². The number of pyridine rings is 1. The van der Waals surface area contributed by atoms with E-state index in [-0.39, 0.29) is 4.90 Å². The topological polar surface area (TPSA) is 56.0 Å². The number of hydrogen-bond donors (Lipinski definition) is 1. The fourth-order valence-electron chi connectivity index (χ4n) is 1.55. The van der Waals surface area contributed by atoms with Gasteiger partial charge in [0.1, 0.15) is 5.82 Å². The first-order valence-corrected chi connectivity index (χ1v) is 6.82. The zero-order chi connectivity index (χ0) is 13.0. The summed E-state index contributed by atoms with van der Waals surface area (Å²) in [6.07, 6.45) is 2.24. The lowest BCUT2D eigenvalue weighted by Crippen LogP contribution is -2.05. The van der Waals surface area contributed by atoms with E-state index in [1.807, 2.05) is 18.2 Å². The number of halogens is 1. The van der Waals surface area contributed by atoms with Gasteiger partial charge in [0.25, 0.3) is 0 Å². The molecule has 2 rings (SSSR count). The van der Waals surface area contributed by atoms with E-state index >= 15 is 0 Å². The summed E-state index contributed by atoms with van der Waals surface area (Å²) in [7, 11) is -1.37. The van der Waals surface area contributed by atoms with Crippen LogP contribution in [0, 0.1) is 5.82 Å². The molecular weight excluding hydrogens is 251 g/mol. The Labute approximate surface area is 107 Å². The first-order valence-electron chi connectivity index (χ1n) is 5.50. The Kier molecular flexibility index (Phi) is 4.04. The van der Waals surface area contributed by atoms with Crippen LogP contribution in [0.3, 0.4) is 0 Å². The van der Waals surface area contributed by atoms with Gasteiger partial charge in [-0.3, -0.25) is 9.19 Å². The molecule has 1 aromatic carbocycles. The van der Waals surface area contributed by atoms with Crippen LogP contribution < -0.4 is 5.73 Å². The van der Waals surface area contributed by atoms with Gasteiger partial charge in [0, 0.05) is 29.8 Å². The summed E-state index contributed by atoms with van der Waals surface area (Å²) in [6, 6.07) is 9.76. The Balaban J connectivity index is 2.04. The number of rotatable bonds is 4. The number of anilines is 1. The van der Waals surface area contributed by atoms with Crippen molar-refractivity contribution in [1.82, 2.24) is 4.98 Å². The summed E-state index contributed by atoms with van der Waals surface area (Å²) in [5.41, 5.74) is 6.62. The molecule has 0 spiro atoms. The number of hydrogen-bond acceptors (Lipinski definition) is 3. The lowest BCUT2D eigenvalue weighted by Gasteiger charge is -2.04. The van der Waals surface area contributed by atoms with Crippen molar-refractivity contribution in [3.05, 3.63) is 54.1 Å². The highest BCUT2D eigenvalue weighted by atomic mass is 32.2. The molecule has 1 heterocycles. The Bertz CT molecular complexity index is 560. The first-order chi connectivity index (χ1) is 8.66. The van der Waals surface area contributed by atoms with Crippen molar-refractivity contribution in [2.24, 2.45) is 0 Å². The van der Waals surface area contributed by atoms with Gasteiger partial charge in [-0.05, 0) is 30.3 Å². The van der Waals surface area contributed by atoms with E-state index in [0.717, 1.165) is 5.69 Å². The van der Waals surface area contributed by atoms with Gasteiger partial charge in [-0.15, -0.1) is 0 Å². The number of nitrogen functional groups attached to an aromatic ring is 1. The van der Waals surface area contributed by atoms with E-state index in [0.29, 0.717) is 17.9 Å². The number of nitrogens with zero attached hydrogens (tertiary/aromatic N) is 1. The van der Waals surface area contributed by atoms with Gasteiger partial charge in [0.2, 0.25) is 0 Å². The smallest absolute Gasteiger partial charge is 0.141 e. The molecule has 2 N–H and O–H groups in total. The standard InChI is InChI=1S/C13H13FN2OS/c14-12-9-10(15)4-5-13(12)18(17)8-6-11-3-1-2-7-16-11/h1-5,7,9H,6,8,15H2. The van der Waals surface area contributed by atoms with Crippen molar-refractivity contribution in [3.63, 3.8) is 0 Å². The van der Waals surface area contributed by atoms with Gasteiger partial charge < -0.3 is 5.73 Å². The second-order valence-electron chi connectivity index (χ2n) is 3.81. The molecule has 5 heteroatoms. The molecule has 0 saturated carbocycles. The highest BCUT2D eigenvalue weighted by Gasteiger charge is 2.10. The average Bonchev–Trinajstić information content (AvgIpc) is 2.37. The van der Waals surface area contributed by atoms with Gasteiger partial charge in [0.15, 0.2) is 0 Å². The molecule has 0 amide bonds. The molecule has 0 fully saturated rings. The molecular formula is C13H13FN2OS. The average molecular weight is 264 g/mol. The summed E-state index contributed by atoms with van der Waals surface area (Å²) in [6.45, 7) is 0. The molecule has 0 bridgehead atoms. The van der Waals surface area contributed by atoms with Crippen LogP contribution in [0.5, 0.6) is 0 Å². The fraction of sp³-hybridized carbons (Fsp3) is 0.154. The third kappa shape index (κ3) is 3.13. The Morgan fingerprint density at radius 3 is 2.78 bits per heavy atom. The Hall–Kier alpha value is -1.75. The number of aryl methyl sites for hydroxylation is 1. The van der Waals surface area contributed by atoms with Crippen LogP contribution in [0.4, 0.5) is 10.1 Å². The van der Waals surface area contributed by atoms with E-state index in [1.165, 1.54) is 12.1 Å². The molecule has 1 unspecified atom stereocenters. The predicted molar refractivity (Wildman–Crippen MR) is 70.0 cm³/mol. The van der Waals surface area contributed by atoms with Gasteiger partial charge in [0.05, 0.1) is 15.7 Å². The second kappa shape index (κ2) is 5.73. The largest absolute Gasteiger partial charge is 0.399 e. The van der Waals surface area contributed by atoms with Crippen LogP contribution in [0.2, 0.25) is 0 Å². The van der Waals surface area contributed by atoms with Crippen LogP contribution in [0.15, 0.2) is 47.5 Å². The van der Waals surface area contributed by atoms with E-state index in [4.69, 9.17) is 5.73 Å². The predicted octanol–water partition coefficient (Wildman–Crippen LogP) is 2.15. The maximum Gasteiger partial charge on any atom is 0.141 e. The maximum atomic E-state index is 13.5. The zero-order valence-corrected chi connectivity index (χ0v) is 10.5. The summed E-state index contributed by atoms with van der Waals surface area (Å²) in [5, 5.41) is 0. The lowest BCUT2D eigenvalue weighted by molar-refractivity contribution is 0.596. The third-order valence-corrected chi connectivity index (χ3v) is 3.87. The molecule has 0 aliphatic carbocycles. The number of aromatic nitrogens is 1. The molecule has 0 radical (unpaired) electrons. The summed E-state index contributed by atoms with van der Waals surface area (Å²) in [5.74, 6) is -0.174. The minimum absolute atomic E-state index is 0.195. The minimum Gasteiger partial charge on any atom is -0.399 e. The Morgan fingerprint density at radius 2 is 2.11 bits per heavy atom. The molecule has 3 nitrogen and oxygen atoms in total. The molecule has 1 atom stereocenters. The summed E-state index contributed by atoms with van der Waals surface area (Å²) >= 11 is 0. The van der Waals surface area contributed by atoms with Crippen molar-refractivity contribution in [2.45, 2.75) is 11.3 Å². The lowest BCUT2D eigenvalue weighted by atomic mass is 10.3. The molecule has 0 aliphatic rings. The monoisotopic (exact) mass is 264 g/mol. The van der Waals surface area contributed by atoms with E-state index < -0.39 is 16.6 Å². The highest BCUT2D eigenvalue weighted by molar-refractivity contribution is 7.85. The van der Waals surface area contributed by atoms with Gasteiger partial charge in [-0.1, -0.05) is 6.07 Å². The Morgan fingerprint density at radius 1 is 1.28 bits per heavy atom. The minimum atomic E-state index is -1.37. The summed E-state index contributed by atoms with van der Waals surface area (Å²) < 4.78 is 25.5. The van der Waals surface area contributed by atoms with E-state index in [9.17, 15) is 8.60 Å². The molecule has 0 aliphatic heterocycles. The molecule has 2 aromatic rings. The highest BCUT2D eigenvalue weighted by Crippen LogP contribution is 2.16. The van der Waals surface area contributed by atoms with Gasteiger partial charge in [-0.2, -0.15) is 0 Å². The third-order valence-electron chi connectivity index (χ3n) is 2.47. The van der Waals surface area contributed by atoms with Gasteiger partial charge in [-0.25, -0.2) is 4.39 Å². The molecule has 1 aromatic heterocycles. The van der Waals surface area contributed by atoms with Crippen LogP contribution in [-0.2, 0) is 17.2 Å². The first kappa shape index (κ1) is 12.7. The second-order valence-corrected chi connectivity index (χ2v) is 5.35. The van der Waals surface area contributed by atoms with Crippen LogP contribution in [0.25, 0.3) is 0 Å². The van der Waals surface area contributed by atoms with Crippen LogP contribution in [0.1, 0.15) is 5.69 Å². The van der Waals surface area contributed by atoms with E-state index in [2.05, 4.69) is 4.98 Å². The SMILES string of the molecule is Nc1ccc(S(=O)CCc2ccccn2)c(F)c1. The number of benzene rings is 1. The van der Waals surface area contributed by atoms with Crippen molar-refractivity contribution >= 4 is 16.5 Å². The van der Waals surface area contributed by atoms with Crippen molar-refractivity contribution in [1.29, 1.82) is 0 Å². The normalized spacial score (nSPS) is 12.3. The summed E-state index contributed by atoms with van der Waals surface area (Å²) in [4.78, 5) is 4.33.